The van der Waals surface area contributed by atoms with Crippen molar-refractivity contribution in [2.45, 2.75) is 58.4 Å². The fourth-order valence-electron chi connectivity index (χ4n) is 4.56. The van der Waals surface area contributed by atoms with Gasteiger partial charge < -0.3 is 9.30 Å². The molecule has 0 amide bonds. The number of halogens is 2. The summed E-state index contributed by atoms with van der Waals surface area (Å²) in [5.74, 6) is -1.53. The van der Waals surface area contributed by atoms with Crippen LogP contribution in [0.5, 0.6) is 0 Å². The molecule has 2 saturated carbocycles. The van der Waals surface area contributed by atoms with Crippen LogP contribution in [0.1, 0.15) is 74.3 Å². The Kier molecular flexibility index (Phi) is 5.76. The van der Waals surface area contributed by atoms with E-state index in [4.69, 9.17) is 4.74 Å². The van der Waals surface area contributed by atoms with E-state index in [1.165, 1.54) is 12.6 Å². The average Bonchev–Trinajstić information content (AvgIpc) is 3.47. The van der Waals surface area contributed by atoms with Gasteiger partial charge in [0.15, 0.2) is 11.6 Å². The third kappa shape index (κ3) is 3.92. The number of nitrogens with zero attached hydrogens (tertiary/aromatic N) is 1. The Morgan fingerprint density at radius 2 is 2.03 bits per heavy atom. The Bertz CT molecular complexity index is 1070. The van der Waals surface area contributed by atoms with Crippen molar-refractivity contribution in [1.29, 1.82) is 0 Å². The molecule has 4 nitrogen and oxygen atoms in total. The molecule has 1 aromatic heterocycles. The molecule has 0 N–H and O–H groups in total. The van der Waals surface area contributed by atoms with Crippen molar-refractivity contribution < 1.29 is 18.3 Å². The monoisotopic (exact) mass is 415 g/mol. The molecule has 6 heteroatoms. The summed E-state index contributed by atoms with van der Waals surface area (Å²) in [6, 6.07) is 0.971. The van der Waals surface area contributed by atoms with Gasteiger partial charge in [0, 0.05) is 17.8 Å². The molecule has 2 aromatic rings. The van der Waals surface area contributed by atoms with Crippen LogP contribution in [0.25, 0.3) is 17.0 Å². The molecule has 1 heterocycles. The van der Waals surface area contributed by atoms with Crippen LogP contribution in [-0.2, 0) is 4.74 Å². The topological polar surface area (TPSA) is 48.3 Å². The number of esters is 1. The molecule has 2 atom stereocenters. The highest BCUT2D eigenvalue weighted by molar-refractivity contribution is 5.96. The zero-order valence-electron chi connectivity index (χ0n) is 17.4. The molecule has 4 rings (SSSR count). The summed E-state index contributed by atoms with van der Waals surface area (Å²) in [5, 5.41) is 0.0143. The van der Waals surface area contributed by atoms with E-state index in [9.17, 15) is 18.4 Å². The predicted molar refractivity (Wildman–Crippen MR) is 113 cm³/mol. The van der Waals surface area contributed by atoms with Crippen molar-refractivity contribution in [3.05, 3.63) is 51.3 Å². The number of benzene rings is 1. The minimum Gasteiger partial charge on any atom is -0.462 e. The molecule has 0 bridgehead atoms. The molecular formula is C24H27F2NO3. The van der Waals surface area contributed by atoms with E-state index in [2.05, 4.69) is 6.92 Å². The van der Waals surface area contributed by atoms with Crippen LogP contribution in [0.3, 0.4) is 0 Å². The lowest BCUT2D eigenvalue weighted by molar-refractivity contribution is 0.0524. The second kappa shape index (κ2) is 8.32. The fourth-order valence-corrected chi connectivity index (χ4v) is 4.56. The molecule has 0 unspecified atom stereocenters. The Morgan fingerprint density at radius 3 is 2.67 bits per heavy atom. The van der Waals surface area contributed by atoms with Crippen molar-refractivity contribution in [1.82, 2.24) is 4.57 Å². The molecule has 160 valence electrons. The molecule has 0 saturated heterocycles. The smallest absolute Gasteiger partial charge is 0.343 e. The van der Waals surface area contributed by atoms with Gasteiger partial charge in [0.05, 0.1) is 17.5 Å². The van der Waals surface area contributed by atoms with E-state index in [-0.39, 0.29) is 29.2 Å². The predicted octanol–water partition coefficient (Wildman–Crippen LogP) is 5.63. The number of carbonyl (C=O) groups is 1. The van der Waals surface area contributed by atoms with Crippen LogP contribution in [0.4, 0.5) is 8.78 Å². The largest absolute Gasteiger partial charge is 0.462 e. The molecule has 30 heavy (non-hydrogen) atoms. The van der Waals surface area contributed by atoms with Gasteiger partial charge in [0.25, 0.3) is 0 Å². The van der Waals surface area contributed by atoms with Gasteiger partial charge in [-0.15, -0.1) is 0 Å². The number of pyridine rings is 1. The summed E-state index contributed by atoms with van der Waals surface area (Å²) in [6.07, 6.45) is 11.0. The summed E-state index contributed by atoms with van der Waals surface area (Å²) < 4.78 is 36.0. The number of rotatable bonds is 6. The van der Waals surface area contributed by atoms with Crippen LogP contribution in [0, 0.1) is 23.5 Å². The van der Waals surface area contributed by atoms with Crippen LogP contribution in [0.2, 0.25) is 0 Å². The van der Waals surface area contributed by atoms with Crippen molar-refractivity contribution in [3.63, 3.8) is 0 Å². The Labute approximate surface area is 174 Å². The highest BCUT2D eigenvalue weighted by atomic mass is 19.2. The molecule has 0 aliphatic heterocycles. The van der Waals surface area contributed by atoms with Crippen molar-refractivity contribution in [2.75, 3.05) is 6.61 Å². The number of allylic oxidation sites excluding steroid dienone is 1. The van der Waals surface area contributed by atoms with Gasteiger partial charge in [-0.1, -0.05) is 25.5 Å². The summed E-state index contributed by atoms with van der Waals surface area (Å²) >= 11 is 0. The van der Waals surface area contributed by atoms with Crippen LogP contribution >= 0.6 is 0 Å². The van der Waals surface area contributed by atoms with Gasteiger partial charge in [0.1, 0.15) is 5.56 Å². The maximum absolute atomic E-state index is 14.8. The lowest BCUT2D eigenvalue weighted by atomic mass is 10.00. The fraction of sp³-hybridized carbons (Fsp3) is 0.500. The van der Waals surface area contributed by atoms with E-state index >= 15 is 0 Å². The van der Waals surface area contributed by atoms with E-state index in [1.807, 2.05) is 6.08 Å². The van der Waals surface area contributed by atoms with Gasteiger partial charge in [-0.2, -0.15) is 0 Å². The molecular weight excluding hydrogens is 388 g/mol. The number of ether oxygens (including phenoxy) is 1. The molecule has 0 radical (unpaired) electrons. The van der Waals surface area contributed by atoms with Gasteiger partial charge in [-0.25, -0.2) is 13.6 Å². The Balaban J connectivity index is 1.83. The number of hydrogen-bond acceptors (Lipinski definition) is 3. The zero-order chi connectivity index (χ0) is 21.4. The van der Waals surface area contributed by atoms with E-state index in [1.54, 1.807) is 17.6 Å². The maximum atomic E-state index is 14.8. The van der Waals surface area contributed by atoms with Crippen molar-refractivity contribution in [3.8, 4) is 0 Å². The average molecular weight is 415 g/mol. The van der Waals surface area contributed by atoms with Crippen LogP contribution < -0.4 is 5.43 Å². The normalized spacial score (nSPS) is 21.6. The molecule has 1 aromatic carbocycles. The molecule has 2 aliphatic carbocycles. The molecule has 2 aliphatic rings. The second-order valence-corrected chi connectivity index (χ2v) is 8.64. The summed E-state index contributed by atoms with van der Waals surface area (Å²) in [6.45, 7) is 4.02. The molecule has 2 fully saturated rings. The van der Waals surface area contributed by atoms with Gasteiger partial charge >= 0.3 is 5.97 Å². The van der Waals surface area contributed by atoms with E-state index in [0.717, 1.165) is 38.2 Å². The zero-order valence-corrected chi connectivity index (χ0v) is 17.4. The van der Waals surface area contributed by atoms with E-state index < -0.39 is 23.0 Å². The second-order valence-electron chi connectivity index (χ2n) is 8.64. The highest BCUT2D eigenvalue weighted by Gasteiger charge is 2.29. The van der Waals surface area contributed by atoms with Crippen LogP contribution in [0.15, 0.2) is 23.1 Å². The summed E-state index contributed by atoms with van der Waals surface area (Å²) in [5.41, 5.74) is -0.336. The highest BCUT2D eigenvalue weighted by Crippen LogP contribution is 2.39. The quantitative estimate of drug-likeness (QED) is 0.575. The number of fused-ring (bicyclic) bond motifs is 1. The first kappa shape index (κ1) is 20.8. The maximum Gasteiger partial charge on any atom is 0.343 e. The van der Waals surface area contributed by atoms with Crippen molar-refractivity contribution in [2.24, 2.45) is 11.8 Å². The first-order valence-electron chi connectivity index (χ1n) is 10.8. The van der Waals surface area contributed by atoms with E-state index in [0.29, 0.717) is 17.4 Å². The first-order valence-corrected chi connectivity index (χ1v) is 10.8. The summed E-state index contributed by atoms with van der Waals surface area (Å²) in [4.78, 5) is 25.2. The Morgan fingerprint density at radius 1 is 1.27 bits per heavy atom. The third-order valence-corrected chi connectivity index (χ3v) is 6.24. The Hall–Kier alpha value is -2.50. The third-order valence-electron chi connectivity index (χ3n) is 6.24. The minimum atomic E-state index is -1.09. The first-order chi connectivity index (χ1) is 14.4. The van der Waals surface area contributed by atoms with Gasteiger partial charge in [-0.05, 0) is 56.9 Å². The van der Waals surface area contributed by atoms with Crippen molar-refractivity contribution >= 4 is 22.9 Å². The van der Waals surface area contributed by atoms with Gasteiger partial charge in [-0.3, -0.25) is 4.79 Å². The number of aromatic nitrogens is 1. The lowest BCUT2D eigenvalue weighted by Gasteiger charge is -2.16. The molecule has 0 spiro atoms. The minimum absolute atomic E-state index is 0.0143. The summed E-state index contributed by atoms with van der Waals surface area (Å²) in [7, 11) is 0. The number of carbonyl (C=O) groups excluding carboxylic acids is 1. The SMILES string of the molecule is CCOC(=O)c1cn(C2CC2)c2c(/C=C\C[C@H]3CC[C@H](C)C3)c(F)c(F)cc2c1=O. The van der Waals surface area contributed by atoms with Gasteiger partial charge in [0.2, 0.25) is 5.43 Å². The lowest BCUT2D eigenvalue weighted by Crippen LogP contribution is -2.21. The standard InChI is InChI=1S/C24H27F2NO3/c1-3-30-24(29)19-13-27(16-9-10-16)22-17(6-4-5-15-8-7-14(2)11-15)21(26)20(25)12-18(22)23(19)28/h4,6,12-16H,3,5,7-11H2,1-2H3/b6-4-/t14-,15-/m0/s1. The van der Waals surface area contributed by atoms with Crippen LogP contribution in [-0.4, -0.2) is 17.1 Å². The number of hydrogen-bond donors (Lipinski definition) is 0.